The van der Waals surface area contributed by atoms with Gasteiger partial charge in [-0.15, -0.1) is 12.6 Å². The van der Waals surface area contributed by atoms with Crippen molar-refractivity contribution in [2.75, 3.05) is 26.8 Å². The van der Waals surface area contributed by atoms with Crippen molar-refractivity contribution in [1.82, 2.24) is 10.6 Å². The summed E-state index contributed by atoms with van der Waals surface area (Å²) in [5, 5.41) is 5.92. The van der Waals surface area contributed by atoms with Gasteiger partial charge in [0, 0.05) is 26.6 Å². The van der Waals surface area contributed by atoms with Crippen molar-refractivity contribution in [2.45, 2.75) is 6.42 Å². The maximum Gasteiger partial charge on any atom is 0.226 e. The summed E-state index contributed by atoms with van der Waals surface area (Å²) in [6.45, 7) is 5.49. The summed E-state index contributed by atoms with van der Waals surface area (Å²) in [5.41, 5.74) is 0. The predicted molar refractivity (Wildman–Crippen MR) is 55.6 cm³/mol. The van der Waals surface area contributed by atoms with Gasteiger partial charge in [-0.05, 0) is 0 Å². The molecule has 0 aromatic carbocycles. The Morgan fingerprint density at radius 3 is 2.77 bits per heavy atom. The molecule has 0 radical (unpaired) electrons. The molecule has 0 rings (SSSR count). The molecule has 13 heavy (non-hydrogen) atoms. The van der Waals surface area contributed by atoms with Crippen LogP contribution in [0.4, 0.5) is 0 Å². The molecule has 0 saturated carbocycles. The molecule has 0 aliphatic rings. The molecule has 0 aromatic rings. The Labute approximate surface area is 84.1 Å². The first-order valence-electron chi connectivity index (χ1n) is 4.04. The van der Waals surface area contributed by atoms with Crippen LogP contribution in [0.5, 0.6) is 0 Å². The Hall–Kier alpha value is -0.520. The monoisotopic (exact) mass is 204 g/mol. The minimum Gasteiger partial charge on any atom is -0.383 e. The molecule has 0 aromatic heterocycles. The van der Waals surface area contributed by atoms with E-state index in [1.165, 1.54) is 0 Å². The zero-order valence-electron chi connectivity index (χ0n) is 7.80. The quantitative estimate of drug-likeness (QED) is 0.408. The minimum absolute atomic E-state index is 0.0788. The van der Waals surface area contributed by atoms with Gasteiger partial charge in [0.2, 0.25) is 5.91 Å². The molecule has 76 valence electrons. The topological polar surface area (TPSA) is 50.4 Å². The normalized spacial score (nSPS) is 9.69. The van der Waals surface area contributed by atoms with Crippen molar-refractivity contribution < 1.29 is 9.53 Å². The van der Waals surface area contributed by atoms with Crippen LogP contribution in [0.2, 0.25) is 0 Å². The average Bonchev–Trinajstić information content (AvgIpc) is 2.02. The number of ether oxygens (including phenoxy) is 1. The molecule has 0 saturated heterocycles. The van der Waals surface area contributed by atoms with E-state index in [-0.39, 0.29) is 5.91 Å². The summed E-state index contributed by atoms with van der Waals surface area (Å²) >= 11 is 3.85. The highest BCUT2D eigenvalue weighted by molar-refractivity contribution is 7.84. The second-order valence-electron chi connectivity index (χ2n) is 2.49. The van der Waals surface area contributed by atoms with Crippen LogP contribution in [0.1, 0.15) is 6.42 Å². The Balaban J connectivity index is 3.22. The Morgan fingerprint density at radius 1 is 1.54 bits per heavy atom. The third-order valence-electron chi connectivity index (χ3n) is 1.30. The molecule has 2 N–H and O–H groups in total. The van der Waals surface area contributed by atoms with E-state index in [1.54, 1.807) is 7.11 Å². The number of carbonyl (C=O) groups excluding carboxylic acids is 1. The molecule has 0 atom stereocenters. The molecule has 0 aliphatic carbocycles. The number of methoxy groups -OCH3 is 1. The van der Waals surface area contributed by atoms with Crippen molar-refractivity contribution in [3.05, 3.63) is 11.6 Å². The van der Waals surface area contributed by atoms with E-state index in [0.29, 0.717) is 24.6 Å². The highest BCUT2D eigenvalue weighted by Gasteiger charge is 1.99. The maximum atomic E-state index is 11.0. The van der Waals surface area contributed by atoms with Crippen molar-refractivity contribution >= 4 is 18.5 Å². The van der Waals surface area contributed by atoms with Crippen LogP contribution in [0.15, 0.2) is 11.6 Å². The second-order valence-corrected chi connectivity index (χ2v) is 3.03. The third kappa shape index (κ3) is 9.39. The molecule has 4 nitrogen and oxygen atoms in total. The summed E-state index contributed by atoms with van der Waals surface area (Å²) in [6, 6.07) is 0. The maximum absolute atomic E-state index is 11.0. The van der Waals surface area contributed by atoms with Crippen LogP contribution >= 0.6 is 12.6 Å². The molecule has 0 fully saturated rings. The molecular weight excluding hydrogens is 188 g/mol. The van der Waals surface area contributed by atoms with Gasteiger partial charge in [0.25, 0.3) is 0 Å². The first-order valence-corrected chi connectivity index (χ1v) is 4.49. The fourth-order valence-corrected chi connectivity index (χ4v) is 0.849. The Bertz CT molecular complexity index is 174. The molecular formula is C8H16N2O2S. The van der Waals surface area contributed by atoms with E-state index in [2.05, 4.69) is 29.8 Å². The van der Waals surface area contributed by atoms with Crippen molar-refractivity contribution in [1.29, 1.82) is 0 Å². The first kappa shape index (κ1) is 12.5. The predicted octanol–water partition coefficient (Wildman–Crippen LogP) is 0.130. The van der Waals surface area contributed by atoms with E-state index < -0.39 is 0 Å². The van der Waals surface area contributed by atoms with Crippen LogP contribution in [-0.2, 0) is 9.53 Å². The van der Waals surface area contributed by atoms with Crippen molar-refractivity contribution in [3.8, 4) is 0 Å². The minimum atomic E-state index is -0.0788. The fraction of sp³-hybridized carbons (Fsp3) is 0.625. The summed E-state index contributed by atoms with van der Waals surface area (Å²) in [7, 11) is 1.64. The van der Waals surface area contributed by atoms with E-state index in [4.69, 9.17) is 4.74 Å². The van der Waals surface area contributed by atoms with Crippen LogP contribution in [-0.4, -0.2) is 32.7 Å². The molecule has 1 amide bonds. The summed E-state index contributed by atoms with van der Waals surface area (Å²) in [5.74, 6) is -0.0788. The van der Waals surface area contributed by atoms with Gasteiger partial charge in [-0.1, -0.05) is 6.58 Å². The summed E-state index contributed by atoms with van der Waals surface area (Å²) in [6.07, 6.45) is 0.420. The smallest absolute Gasteiger partial charge is 0.226 e. The highest BCUT2D eigenvalue weighted by Crippen LogP contribution is 1.89. The first-order chi connectivity index (χ1) is 6.16. The average molecular weight is 204 g/mol. The molecule has 0 unspecified atom stereocenters. The van der Waals surface area contributed by atoms with Crippen LogP contribution in [0, 0.1) is 0 Å². The fourth-order valence-electron chi connectivity index (χ4n) is 0.725. The lowest BCUT2D eigenvalue weighted by Gasteiger charge is -2.04. The standard InChI is InChI=1S/C8H16N2O2S/c1-7(13)10-8(11)3-4-9-5-6-12-2/h9,13H,1,3-6H2,2H3,(H,10,11). The van der Waals surface area contributed by atoms with Gasteiger partial charge in [-0.25, -0.2) is 0 Å². The van der Waals surface area contributed by atoms with Gasteiger partial charge < -0.3 is 15.4 Å². The van der Waals surface area contributed by atoms with Crippen LogP contribution in [0.25, 0.3) is 0 Å². The van der Waals surface area contributed by atoms with Gasteiger partial charge in [0.15, 0.2) is 0 Å². The van der Waals surface area contributed by atoms with E-state index in [0.717, 1.165) is 6.54 Å². The molecule has 5 heteroatoms. The van der Waals surface area contributed by atoms with Gasteiger partial charge in [-0.3, -0.25) is 4.79 Å². The number of thiol groups is 1. The number of rotatable bonds is 7. The Kier molecular flexibility index (Phi) is 7.77. The molecule has 0 bridgehead atoms. The molecule has 0 aliphatic heterocycles. The van der Waals surface area contributed by atoms with Gasteiger partial charge in [0.1, 0.15) is 0 Å². The number of hydrogen-bond donors (Lipinski definition) is 3. The van der Waals surface area contributed by atoms with Gasteiger partial charge >= 0.3 is 0 Å². The van der Waals surface area contributed by atoms with Gasteiger partial charge in [-0.2, -0.15) is 0 Å². The zero-order valence-corrected chi connectivity index (χ0v) is 8.69. The van der Waals surface area contributed by atoms with E-state index >= 15 is 0 Å². The molecule has 0 heterocycles. The van der Waals surface area contributed by atoms with Crippen molar-refractivity contribution in [2.24, 2.45) is 0 Å². The highest BCUT2D eigenvalue weighted by atomic mass is 32.1. The SMILES string of the molecule is C=C(S)NC(=O)CCNCCOC. The lowest BCUT2D eigenvalue weighted by molar-refractivity contribution is -0.120. The summed E-state index contributed by atoms with van der Waals surface area (Å²) in [4.78, 5) is 11.0. The lowest BCUT2D eigenvalue weighted by atomic mass is 10.4. The largest absolute Gasteiger partial charge is 0.383 e. The summed E-state index contributed by atoms with van der Waals surface area (Å²) < 4.78 is 4.82. The zero-order chi connectivity index (χ0) is 10.1. The molecule has 0 spiro atoms. The van der Waals surface area contributed by atoms with E-state index in [9.17, 15) is 4.79 Å². The number of nitrogens with one attached hydrogen (secondary N) is 2. The second kappa shape index (κ2) is 8.10. The number of amides is 1. The lowest BCUT2D eigenvalue weighted by Crippen LogP contribution is -2.27. The number of carbonyl (C=O) groups is 1. The Morgan fingerprint density at radius 2 is 2.23 bits per heavy atom. The van der Waals surface area contributed by atoms with Crippen LogP contribution < -0.4 is 10.6 Å². The van der Waals surface area contributed by atoms with E-state index in [1.807, 2.05) is 0 Å². The number of hydrogen-bond acceptors (Lipinski definition) is 4. The van der Waals surface area contributed by atoms with Crippen LogP contribution in [0.3, 0.4) is 0 Å². The van der Waals surface area contributed by atoms with Crippen molar-refractivity contribution in [3.63, 3.8) is 0 Å². The third-order valence-corrected chi connectivity index (χ3v) is 1.41. The van der Waals surface area contributed by atoms with Gasteiger partial charge in [0.05, 0.1) is 11.6 Å².